The largest absolute Gasteiger partial charge is 0.343 e. The van der Waals surface area contributed by atoms with E-state index in [0.29, 0.717) is 21.5 Å². The smallest absolute Gasteiger partial charge is 0.276 e. The van der Waals surface area contributed by atoms with Crippen molar-refractivity contribution < 1.29 is 9.59 Å². The van der Waals surface area contributed by atoms with Crippen LogP contribution in [0.5, 0.6) is 0 Å². The first-order chi connectivity index (χ1) is 10.2. The second kappa shape index (κ2) is 5.91. The van der Waals surface area contributed by atoms with Crippen LogP contribution in [0.4, 0.5) is 5.69 Å². The molecular formula is C13H17BrN6O2. The fraction of sp³-hybridized carbons (Fsp3) is 0.385. The number of rotatable bonds is 3. The van der Waals surface area contributed by atoms with Gasteiger partial charge in [-0.2, -0.15) is 10.2 Å². The molecule has 0 atom stereocenters. The zero-order valence-corrected chi connectivity index (χ0v) is 14.6. The number of amides is 2. The van der Waals surface area contributed by atoms with Crippen LogP contribution < -0.4 is 5.32 Å². The van der Waals surface area contributed by atoms with Crippen LogP contribution in [0.1, 0.15) is 26.7 Å². The maximum atomic E-state index is 12.5. The van der Waals surface area contributed by atoms with E-state index < -0.39 is 0 Å². The van der Waals surface area contributed by atoms with Crippen molar-refractivity contribution >= 4 is 33.4 Å². The molecule has 2 amide bonds. The molecular weight excluding hydrogens is 352 g/mol. The van der Waals surface area contributed by atoms with E-state index in [1.165, 1.54) is 15.8 Å². The topological polar surface area (TPSA) is 85.1 Å². The number of hydrogen-bond acceptors (Lipinski definition) is 4. The number of nitrogens with one attached hydrogen (secondary N) is 1. The number of aromatic nitrogens is 4. The predicted molar refractivity (Wildman–Crippen MR) is 84.8 cm³/mol. The highest BCUT2D eigenvalue weighted by Gasteiger charge is 2.24. The van der Waals surface area contributed by atoms with Crippen LogP contribution in [0.25, 0.3) is 0 Å². The van der Waals surface area contributed by atoms with E-state index in [-0.39, 0.29) is 17.5 Å². The van der Waals surface area contributed by atoms with E-state index in [1.54, 1.807) is 39.8 Å². The Hall–Kier alpha value is -2.16. The zero-order chi connectivity index (χ0) is 16.6. The predicted octanol–water partition coefficient (Wildman–Crippen LogP) is 1.18. The molecule has 0 radical (unpaired) electrons. The number of carbonyl (C=O) groups excluding carboxylic acids is 2. The van der Waals surface area contributed by atoms with Crippen LogP contribution in [0.3, 0.4) is 0 Å². The van der Waals surface area contributed by atoms with Crippen molar-refractivity contribution in [3.63, 3.8) is 0 Å². The Bertz CT molecular complexity index is 727. The van der Waals surface area contributed by atoms with Gasteiger partial charge >= 0.3 is 0 Å². The summed E-state index contributed by atoms with van der Waals surface area (Å²) in [6.07, 6.45) is 1.54. The summed E-state index contributed by atoms with van der Waals surface area (Å²) in [5.41, 5.74) is 1.67. The van der Waals surface area contributed by atoms with E-state index in [0.717, 1.165) is 0 Å². The molecule has 2 aromatic heterocycles. The first kappa shape index (κ1) is 16.2. The first-order valence-corrected chi connectivity index (χ1v) is 7.27. The van der Waals surface area contributed by atoms with E-state index in [1.807, 2.05) is 0 Å². The van der Waals surface area contributed by atoms with E-state index in [4.69, 9.17) is 0 Å². The molecule has 0 unspecified atom stereocenters. The third kappa shape index (κ3) is 2.76. The van der Waals surface area contributed by atoms with Gasteiger partial charge in [-0.15, -0.1) is 0 Å². The Morgan fingerprint density at radius 2 is 1.91 bits per heavy atom. The summed E-state index contributed by atoms with van der Waals surface area (Å²) in [5, 5.41) is 11.0. The molecule has 0 aliphatic rings. The maximum absolute atomic E-state index is 12.5. The highest BCUT2D eigenvalue weighted by molar-refractivity contribution is 9.10. The van der Waals surface area contributed by atoms with Crippen molar-refractivity contribution in [3.05, 3.63) is 27.8 Å². The standard InChI is InChI=1S/C13H17BrN6O2/c1-7-9(10(17-19(7)4)13(22)18(2)3)16-12(21)11-8(14)6-15-20(11)5/h6H,1-5H3,(H,16,21). The second-order valence-corrected chi connectivity index (χ2v) is 5.91. The molecule has 0 aromatic carbocycles. The molecule has 2 heterocycles. The van der Waals surface area contributed by atoms with E-state index >= 15 is 0 Å². The van der Waals surface area contributed by atoms with Crippen molar-refractivity contribution in [2.24, 2.45) is 14.1 Å². The second-order valence-electron chi connectivity index (χ2n) is 5.05. The molecule has 0 spiro atoms. The first-order valence-electron chi connectivity index (χ1n) is 6.48. The molecule has 0 bridgehead atoms. The molecule has 2 aromatic rings. The molecule has 118 valence electrons. The van der Waals surface area contributed by atoms with Gasteiger partial charge < -0.3 is 10.2 Å². The third-order valence-electron chi connectivity index (χ3n) is 3.29. The lowest BCUT2D eigenvalue weighted by molar-refractivity contribution is 0.0822. The summed E-state index contributed by atoms with van der Waals surface area (Å²) in [5.74, 6) is -0.640. The van der Waals surface area contributed by atoms with E-state index in [9.17, 15) is 9.59 Å². The number of nitrogens with zero attached hydrogens (tertiary/aromatic N) is 5. The minimum absolute atomic E-state index is 0.205. The van der Waals surface area contributed by atoms with Crippen LogP contribution in [0.2, 0.25) is 0 Å². The van der Waals surface area contributed by atoms with Gasteiger partial charge in [0.25, 0.3) is 11.8 Å². The SMILES string of the molecule is Cc1c(NC(=O)c2c(Br)cnn2C)c(C(=O)N(C)C)nn1C. The molecule has 1 N–H and O–H groups in total. The van der Waals surface area contributed by atoms with Crippen LogP contribution in [0, 0.1) is 6.92 Å². The van der Waals surface area contributed by atoms with Gasteiger partial charge in [0.2, 0.25) is 0 Å². The summed E-state index contributed by atoms with van der Waals surface area (Å²) in [7, 11) is 6.66. The highest BCUT2D eigenvalue weighted by Crippen LogP contribution is 2.23. The Kier molecular flexibility index (Phi) is 4.36. The highest BCUT2D eigenvalue weighted by atomic mass is 79.9. The van der Waals surface area contributed by atoms with Gasteiger partial charge in [0.1, 0.15) is 5.69 Å². The van der Waals surface area contributed by atoms with Gasteiger partial charge in [-0.3, -0.25) is 19.0 Å². The number of halogens is 1. The minimum Gasteiger partial charge on any atom is -0.343 e. The number of aryl methyl sites for hydroxylation is 2. The van der Waals surface area contributed by atoms with Gasteiger partial charge in [0.15, 0.2) is 5.69 Å². The van der Waals surface area contributed by atoms with Crippen molar-refractivity contribution in [1.29, 1.82) is 0 Å². The van der Waals surface area contributed by atoms with Gasteiger partial charge in [-0.25, -0.2) is 0 Å². The van der Waals surface area contributed by atoms with Crippen LogP contribution in [-0.2, 0) is 14.1 Å². The Balaban J connectivity index is 2.41. The summed E-state index contributed by atoms with van der Waals surface area (Å²) in [6, 6.07) is 0. The molecule has 0 saturated heterocycles. The van der Waals surface area contributed by atoms with Crippen molar-refractivity contribution in [3.8, 4) is 0 Å². The fourth-order valence-corrected chi connectivity index (χ4v) is 2.49. The summed E-state index contributed by atoms with van der Waals surface area (Å²) in [6.45, 7) is 1.79. The summed E-state index contributed by atoms with van der Waals surface area (Å²) < 4.78 is 3.60. The number of carbonyl (C=O) groups is 2. The molecule has 8 nitrogen and oxygen atoms in total. The Morgan fingerprint density at radius 3 is 2.41 bits per heavy atom. The summed E-state index contributed by atoms with van der Waals surface area (Å²) >= 11 is 3.29. The van der Waals surface area contributed by atoms with Crippen molar-refractivity contribution in [2.45, 2.75) is 6.92 Å². The van der Waals surface area contributed by atoms with Crippen molar-refractivity contribution in [1.82, 2.24) is 24.5 Å². The zero-order valence-electron chi connectivity index (χ0n) is 13.0. The average Bonchev–Trinajstić information content (AvgIpc) is 2.92. The summed E-state index contributed by atoms with van der Waals surface area (Å²) in [4.78, 5) is 26.1. The van der Waals surface area contributed by atoms with Gasteiger partial charge in [-0.1, -0.05) is 0 Å². The molecule has 22 heavy (non-hydrogen) atoms. The van der Waals surface area contributed by atoms with Gasteiger partial charge in [-0.05, 0) is 22.9 Å². The van der Waals surface area contributed by atoms with Crippen LogP contribution in [-0.4, -0.2) is 50.4 Å². The lowest BCUT2D eigenvalue weighted by Gasteiger charge is -2.11. The maximum Gasteiger partial charge on any atom is 0.276 e. The van der Waals surface area contributed by atoms with Gasteiger partial charge in [0.05, 0.1) is 22.1 Å². The van der Waals surface area contributed by atoms with E-state index in [2.05, 4.69) is 31.4 Å². The lowest BCUT2D eigenvalue weighted by atomic mass is 10.2. The molecule has 0 saturated carbocycles. The third-order valence-corrected chi connectivity index (χ3v) is 3.87. The monoisotopic (exact) mass is 368 g/mol. The van der Waals surface area contributed by atoms with Gasteiger partial charge in [0, 0.05) is 28.2 Å². The quantitative estimate of drug-likeness (QED) is 0.881. The Morgan fingerprint density at radius 1 is 1.27 bits per heavy atom. The molecule has 9 heteroatoms. The Labute approximate surface area is 136 Å². The molecule has 0 aliphatic carbocycles. The molecule has 0 aliphatic heterocycles. The number of hydrogen-bond donors (Lipinski definition) is 1. The van der Waals surface area contributed by atoms with Crippen LogP contribution in [0.15, 0.2) is 10.7 Å². The van der Waals surface area contributed by atoms with Crippen molar-refractivity contribution in [2.75, 3.05) is 19.4 Å². The fourth-order valence-electron chi connectivity index (χ4n) is 1.96. The minimum atomic E-state index is -0.365. The normalized spacial score (nSPS) is 10.6. The van der Waals surface area contributed by atoms with Crippen LogP contribution >= 0.6 is 15.9 Å². The number of anilines is 1. The molecule has 0 fully saturated rings. The molecule has 2 rings (SSSR count). The lowest BCUT2D eigenvalue weighted by Crippen LogP contribution is -2.25. The average molecular weight is 369 g/mol.